The number of carbonyl (C=O) groups is 1. The molecule has 0 aromatic heterocycles. The van der Waals surface area contributed by atoms with Crippen LogP contribution in [0, 0.1) is 11.7 Å². The van der Waals surface area contributed by atoms with Crippen LogP contribution in [-0.4, -0.2) is 31.6 Å². The SMILES string of the molecule is C=C/C(=C(\N=C(/C)Nc1cc(F)c(C(=O)NCC2CC2)cc1OC)OC1=C(C)Cc2ccccc2C1)C(F)(F)F. The summed E-state index contributed by atoms with van der Waals surface area (Å²) < 4.78 is 67.8. The Hall–Kier alpha value is -4.08. The van der Waals surface area contributed by atoms with Crippen molar-refractivity contribution in [3.8, 4) is 5.75 Å². The number of ether oxygens (including phenoxy) is 2. The van der Waals surface area contributed by atoms with E-state index in [-0.39, 0.29) is 22.8 Å². The minimum Gasteiger partial charge on any atom is -0.495 e. The summed E-state index contributed by atoms with van der Waals surface area (Å²) in [6.07, 6.45) is -1.25. The lowest BCUT2D eigenvalue weighted by Crippen LogP contribution is -2.26. The third-order valence-electron chi connectivity index (χ3n) is 6.73. The Labute approximate surface area is 230 Å². The Bertz CT molecular complexity index is 1410. The molecular formula is C30H31F4N3O3. The van der Waals surface area contributed by atoms with E-state index >= 15 is 0 Å². The fraction of sp³-hybridized carbons (Fsp3) is 0.333. The number of halogens is 4. The van der Waals surface area contributed by atoms with Crippen molar-refractivity contribution >= 4 is 17.4 Å². The minimum absolute atomic E-state index is 0.0308. The van der Waals surface area contributed by atoms with E-state index in [4.69, 9.17) is 9.47 Å². The van der Waals surface area contributed by atoms with Crippen LogP contribution in [0.15, 0.2) is 76.8 Å². The number of amidine groups is 1. The summed E-state index contributed by atoms with van der Waals surface area (Å²) in [5, 5.41) is 5.47. The summed E-state index contributed by atoms with van der Waals surface area (Å²) in [7, 11) is 1.33. The zero-order valence-electron chi connectivity index (χ0n) is 22.5. The van der Waals surface area contributed by atoms with Crippen molar-refractivity contribution in [1.82, 2.24) is 5.32 Å². The highest BCUT2D eigenvalue weighted by atomic mass is 19.4. The molecule has 2 aliphatic carbocycles. The van der Waals surface area contributed by atoms with E-state index in [1.807, 2.05) is 24.3 Å². The monoisotopic (exact) mass is 557 g/mol. The van der Waals surface area contributed by atoms with Crippen LogP contribution in [0.1, 0.15) is 48.2 Å². The quantitative estimate of drug-likeness (QED) is 0.116. The standard InChI is InChI=1S/C30H31F4N3O3/c1-5-23(30(32,33)34)29(40-26-13-21-9-7-6-8-20(21)12-17(26)2)37-18(3)36-25-15-24(31)22(14-27(25)39-4)28(38)35-16-19-10-11-19/h5-9,14-15,19H,1,10-13,16H2,2-4H3,(H,35,38)(H,36,37)/b29-23-. The number of rotatable bonds is 9. The lowest BCUT2D eigenvalue weighted by atomic mass is 9.91. The van der Waals surface area contributed by atoms with E-state index in [0.717, 1.165) is 35.6 Å². The maximum absolute atomic E-state index is 14.9. The molecule has 1 saturated carbocycles. The number of aliphatic imine (C=N–C) groups is 1. The number of fused-ring (bicyclic) bond motifs is 1. The Balaban J connectivity index is 1.62. The molecule has 0 atom stereocenters. The predicted octanol–water partition coefficient (Wildman–Crippen LogP) is 6.85. The molecule has 1 fully saturated rings. The summed E-state index contributed by atoms with van der Waals surface area (Å²) in [6.45, 7) is 6.99. The first-order valence-electron chi connectivity index (χ1n) is 12.8. The first-order valence-corrected chi connectivity index (χ1v) is 12.8. The number of benzene rings is 2. The van der Waals surface area contributed by atoms with Crippen LogP contribution in [0.5, 0.6) is 5.75 Å². The van der Waals surface area contributed by atoms with Crippen LogP contribution >= 0.6 is 0 Å². The summed E-state index contributed by atoms with van der Waals surface area (Å²) in [5.41, 5.74) is 1.53. The van der Waals surface area contributed by atoms with Crippen LogP contribution in [-0.2, 0) is 17.6 Å². The molecule has 0 aliphatic heterocycles. The molecule has 2 aromatic carbocycles. The maximum Gasteiger partial charge on any atom is 0.421 e. The molecule has 2 aliphatic rings. The molecule has 0 saturated heterocycles. The molecule has 0 spiro atoms. The number of hydrogen-bond donors (Lipinski definition) is 2. The van der Waals surface area contributed by atoms with Crippen LogP contribution in [0.3, 0.4) is 0 Å². The largest absolute Gasteiger partial charge is 0.495 e. The van der Waals surface area contributed by atoms with Crippen molar-refractivity contribution in [1.29, 1.82) is 0 Å². The van der Waals surface area contributed by atoms with E-state index in [0.29, 0.717) is 37.1 Å². The van der Waals surface area contributed by atoms with Gasteiger partial charge in [0.2, 0.25) is 5.88 Å². The Morgan fingerprint density at radius 2 is 1.85 bits per heavy atom. The first-order chi connectivity index (χ1) is 19.0. The molecular weight excluding hydrogens is 526 g/mol. The molecule has 4 rings (SSSR count). The minimum atomic E-state index is -4.79. The van der Waals surface area contributed by atoms with Gasteiger partial charge in [-0.05, 0) is 61.8 Å². The molecule has 6 nitrogen and oxygen atoms in total. The molecule has 40 heavy (non-hydrogen) atoms. The second-order valence-corrected chi connectivity index (χ2v) is 9.86. The molecule has 10 heteroatoms. The van der Waals surface area contributed by atoms with Crippen LogP contribution in [0.2, 0.25) is 0 Å². The van der Waals surface area contributed by atoms with Gasteiger partial charge in [0, 0.05) is 19.0 Å². The van der Waals surface area contributed by atoms with E-state index in [1.54, 1.807) is 6.92 Å². The van der Waals surface area contributed by atoms with Gasteiger partial charge >= 0.3 is 6.18 Å². The zero-order chi connectivity index (χ0) is 29.0. The topological polar surface area (TPSA) is 72.0 Å². The summed E-state index contributed by atoms with van der Waals surface area (Å²) in [4.78, 5) is 16.5. The van der Waals surface area contributed by atoms with Crippen molar-refractivity contribution in [3.05, 3.63) is 94.3 Å². The van der Waals surface area contributed by atoms with Gasteiger partial charge in [0.25, 0.3) is 5.91 Å². The highest BCUT2D eigenvalue weighted by Gasteiger charge is 2.36. The van der Waals surface area contributed by atoms with Gasteiger partial charge in [-0.15, -0.1) is 0 Å². The molecule has 0 radical (unpaired) electrons. The first kappa shape index (κ1) is 28.9. The number of nitrogens with zero attached hydrogens (tertiary/aromatic N) is 1. The van der Waals surface area contributed by atoms with Gasteiger partial charge in [-0.1, -0.05) is 36.9 Å². The Kier molecular flexibility index (Phi) is 8.66. The lowest BCUT2D eigenvalue weighted by molar-refractivity contribution is -0.0912. The normalized spacial score (nSPS) is 16.1. The number of alkyl halides is 3. The number of methoxy groups -OCH3 is 1. The van der Waals surface area contributed by atoms with Crippen molar-refractivity contribution in [2.24, 2.45) is 10.9 Å². The summed E-state index contributed by atoms with van der Waals surface area (Å²) >= 11 is 0. The third-order valence-corrected chi connectivity index (χ3v) is 6.73. The predicted molar refractivity (Wildman–Crippen MR) is 146 cm³/mol. The third kappa shape index (κ3) is 6.91. The summed E-state index contributed by atoms with van der Waals surface area (Å²) in [5.74, 6) is -1.23. The van der Waals surface area contributed by atoms with Crippen molar-refractivity contribution in [3.63, 3.8) is 0 Å². The van der Waals surface area contributed by atoms with E-state index in [2.05, 4.69) is 22.2 Å². The van der Waals surface area contributed by atoms with Gasteiger partial charge < -0.3 is 20.1 Å². The van der Waals surface area contributed by atoms with Crippen LogP contribution in [0.4, 0.5) is 23.2 Å². The van der Waals surface area contributed by atoms with Crippen LogP contribution in [0.25, 0.3) is 0 Å². The van der Waals surface area contributed by atoms with E-state index in [9.17, 15) is 22.4 Å². The van der Waals surface area contributed by atoms with Gasteiger partial charge in [0.1, 0.15) is 28.7 Å². The molecule has 2 N–H and O–H groups in total. The molecule has 0 unspecified atom stereocenters. The number of nitrogens with one attached hydrogen (secondary N) is 2. The second kappa shape index (κ2) is 12.0. The van der Waals surface area contributed by atoms with Gasteiger partial charge in [-0.2, -0.15) is 18.2 Å². The van der Waals surface area contributed by atoms with Crippen molar-refractivity contribution in [2.75, 3.05) is 19.0 Å². The molecule has 0 heterocycles. The van der Waals surface area contributed by atoms with Gasteiger partial charge in [0.15, 0.2) is 0 Å². The van der Waals surface area contributed by atoms with Crippen molar-refractivity contribution in [2.45, 2.75) is 45.7 Å². The van der Waals surface area contributed by atoms with Gasteiger partial charge in [-0.25, -0.2) is 4.39 Å². The average molecular weight is 558 g/mol. The number of allylic oxidation sites excluding steroid dienone is 4. The van der Waals surface area contributed by atoms with Gasteiger partial charge in [0.05, 0.1) is 18.4 Å². The van der Waals surface area contributed by atoms with Crippen molar-refractivity contribution < 1.29 is 31.8 Å². The fourth-order valence-electron chi connectivity index (χ4n) is 4.34. The number of amides is 1. The fourth-order valence-corrected chi connectivity index (χ4v) is 4.34. The van der Waals surface area contributed by atoms with Crippen LogP contribution < -0.4 is 15.4 Å². The lowest BCUT2D eigenvalue weighted by Gasteiger charge is -2.23. The number of carbonyl (C=O) groups excluding carboxylic acids is 1. The Morgan fingerprint density at radius 1 is 1.18 bits per heavy atom. The summed E-state index contributed by atoms with van der Waals surface area (Å²) in [6, 6.07) is 9.92. The average Bonchev–Trinajstić information content (AvgIpc) is 3.72. The smallest absolute Gasteiger partial charge is 0.421 e. The Morgan fingerprint density at radius 3 is 2.45 bits per heavy atom. The maximum atomic E-state index is 14.9. The van der Waals surface area contributed by atoms with Gasteiger partial charge in [-0.3, -0.25) is 4.79 Å². The zero-order valence-corrected chi connectivity index (χ0v) is 22.5. The molecule has 1 amide bonds. The number of hydrogen-bond acceptors (Lipinski definition) is 4. The number of anilines is 1. The van der Waals surface area contributed by atoms with E-state index < -0.39 is 29.4 Å². The highest BCUT2D eigenvalue weighted by molar-refractivity contribution is 5.98. The molecule has 2 aromatic rings. The van der Waals surface area contributed by atoms with E-state index in [1.165, 1.54) is 20.1 Å². The second-order valence-electron chi connectivity index (χ2n) is 9.86. The highest BCUT2D eigenvalue weighted by Crippen LogP contribution is 2.35. The molecule has 212 valence electrons. The molecule has 0 bridgehead atoms.